The Hall–Kier alpha value is -1.39. The Kier molecular flexibility index (Phi) is 4.22. The average molecular weight is 344 g/mol. The van der Waals surface area contributed by atoms with Crippen molar-refractivity contribution in [3.63, 3.8) is 0 Å². The van der Waals surface area contributed by atoms with Crippen molar-refractivity contribution in [3.05, 3.63) is 57.3 Å². The summed E-state index contributed by atoms with van der Waals surface area (Å²) < 4.78 is 20.0. The van der Waals surface area contributed by atoms with Crippen molar-refractivity contribution in [3.8, 4) is 11.5 Å². The van der Waals surface area contributed by atoms with Crippen LogP contribution in [0.1, 0.15) is 17.3 Å². The summed E-state index contributed by atoms with van der Waals surface area (Å²) in [6, 6.07) is 9.08. The van der Waals surface area contributed by atoms with Gasteiger partial charge in [-0.2, -0.15) is 0 Å². The average Bonchev–Trinajstić information content (AvgIpc) is 2.34. The highest BCUT2D eigenvalue weighted by Crippen LogP contribution is 2.33. The Labute approximate surface area is 123 Å². The van der Waals surface area contributed by atoms with Gasteiger partial charge in [0.25, 0.3) is 0 Å². The minimum absolute atomic E-state index is 0.0224. The highest BCUT2D eigenvalue weighted by Gasteiger charge is 2.10. The lowest BCUT2D eigenvalue weighted by Crippen LogP contribution is -1.95. The van der Waals surface area contributed by atoms with Gasteiger partial charge in [-0.15, -0.1) is 0 Å². The van der Waals surface area contributed by atoms with Crippen LogP contribution in [0.2, 0.25) is 5.02 Å². The third-order valence-corrected chi connectivity index (χ3v) is 3.24. The Balaban J connectivity index is 2.31. The van der Waals surface area contributed by atoms with Crippen LogP contribution in [0.3, 0.4) is 0 Å². The summed E-state index contributed by atoms with van der Waals surface area (Å²) in [6.07, 6.45) is 0. The minimum Gasteiger partial charge on any atom is -0.453 e. The largest absolute Gasteiger partial charge is 0.453 e. The van der Waals surface area contributed by atoms with Gasteiger partial charge in [0.05, 0.1) is 5.02 Å². The predicted octanol–water partition coefficient (Wildman–Crippen LogP) is 5.24. The molecule has 0 radical (unpaired) electrons. The van der Waals surface area contributed by atoms with Crippen LogP contribution in [-0.2, 0) is 0 Å². The Morgan fingerprint density at radius 2 is 1.89 bits per heavy atom. The quantitative estimate of drug-likeness (QED) is 0.713. The number of carbonyl (C=O) groups is 1. The number of Topliss-reactive ketones (excluding diaryl/α,β-unsaturated/α-hetero) is 1. The summed E-state index contributed by atoms with van der Waals surface area (Å²) in [6.45, 7) is 1.38. The van der Waals surface area contributed by atoms with E-state index in [0.717, 1.165) is 10.5 Å². The summed E-state index contributed by atoms with van der Waals surface area (Å²) in [5.41, 5.74) is 0.298. The van der Waals surface area contributed by atoms with Crippen LogP contribution in [0.4, 0.5) is 4.39 Å². The van der Waals surface area contributed by atoms with Crippen molar-refractivity contribution >= 4 is 33.3 Å². The molecule has 0 aromatic heterocycles. The molecule has 0 amide bonds. The Bertz CT molecular complexity index is 643. The number of carbonyl (C=O) groups excluding carboxylic acids is 1. The molecule has 2 aromatic rings. The maximum atomic E-state index is 13.8. The zero-order chi connectivity index (χ0) is 14.0. The van der Waals surface area contributed by atoms with E-state index in [1.165, 1.54) is 19.1 Å². The summed E-state index contributed by atoms with van der Waals surface area (Å²) in [7, 11) is 0. The second-order valence-electron chi connectivity index (χ2n) is 3.88. The zero-order valence-electron chi connectivity index (χ0n) is 9.91. The van der Waals surface area contributed by atoms with E-state index in [1.807, 2.05) is 0 Å². The van der Waals surface area contributed by atoms with Crippen molar-refractivity contribution in [2.75, 3.05) is 0 Å². The van der Waals surface area contributed by atoms with Gasteiger partial charge < -0.3 is 4.74 Å². The van der Waals surface area contributed by atoms with Crippen LogP contribution >= 0.6 is 27.5 Å². The molecule has 0 aliphatic carbocycles. The van der Waals surface area contributed by atoms with E-state index < -0.39 is 5.82 Å². The van der Waals surface area contributed by atoms with Gasteiger partial charge in [-0.1, -0.05) is 27.5 Å². The summed E-state index contributed by atoms with van der Waals surface area (Å²) >= 11 is 9.25. The van der Waals surface area contributed by atoms with Crippen molar-refractivity contribution in [2.45, 2.75) is 6.92 Å². The van der Waals surface area contributed by atoms with Crippen LogP contribution in [0.5, 0.6) is 11.5 Å². The number of hydrogen-bond donors (Lipinski definition) is 0. The van der Waals surface area contributed by atoms with Gasteiger partial charge in [-0.3, -0.25) is 4.79 Å². The van der Waals surface area contributed by atoms with Gasteiger partial charge in [0, 0.05) is 10.0 Å². The molecular weight excluding hydrogens is 335 g/mol. The fraction of sp³-hybridized carbons (Fsp3) is 0.0714. The SMILES string of the molecule is CC(=O)c1ccc(Oc2ccc(Br)cc2Cl)c(F)c1. The maximum absolute atomic E-state index is 13.8. The standard InChI is InChI=1S/C14H9BrClFO2/c1-8(18)9-2-4-14(12(17)6-9)19-13-5-3-10(15)7-11(13)16/h2-7H,1H3. The first-order chi connectivity index (χ1) is 8.97. The molecule has 0 aliphatic heterocycles. The maximum Gasteiger partial charge on any atom is 0.166 e. The molecule has 0 N–H and O–H groups in total. The molecule has 0 heterocycles. The van der Waals surface area contributed by atoms with Crippen LogP contribution in [0, 0.1) is 5.82 Å². The molecular formula is C14H9BrClFO2. The molecule has 2 aromatic carbocycles. The van der Waals surface area contributed by atoms with Gasteiger partial charge in [0.2, 0.25) is 0 Å². The van der Waals surface area contributed by atoms with E-state index in [-0.39, 0.29) is 11.5 Å². The molecule has 98 valence electrons. The van der Waals surface area contributed by atoms with Crippen molar-refractivity contribution in [2.24, 2.45) is 0 Å². The lowest BCUT2D eigenvalue weighted by Gasteiger charge is -2.09. The number of ketones is 1. The molecule has 0 spiro atoms. The zero-order valence-corrected chi connectivity index (χ0v) is 12.3. The summed E-state index contributed by atoms with van der Waals surface area (Å²) in [5, 5.41) is 0.365. The summed E-state index contributed by atoms with van der Waals surface area (Å²) in [4.78, 5) is 11.1. The summed E-state index contributed by atoms with van der Waals surface area (Å²) in [5.74, 6) is -0.438. The molecule has 0 bridgehead atoms. The predicted molar refractivity (Wildman–Crippen MR) is 75.6 cm³/mol. The fourth-order valence-corrected chi connectivity index (χ4v) is 2.19. The van der Waals surface area contributed by atoms with Gasteiger partial charge in [0.1, 0.15) is 5.75 Å². The third-order valence-electron chi connectivity index (χ3n) is 2.45. The molecule has 19 heavy (non-hydrogen) atoms. The number of halogens is 3. The van der Waals surface area contributed by atoms with E-state index in [1.54, 1.807) is 18.2 Å². The van der Waals surface area contributed by atoms with E-state index in [4.69, 9.17) is 16.3 Å². The first-order valence-corrected chi connectivity index (χ1v) is 6.58. The highest BCUT2D eigenvalue weighted by atomic mass is 79.9. The number of ether oxygens (including phenoxy) is 1. The fourth-order valence-electron chi connectivity index (χ4n) is 1.48. The second-order valence-corrected chi connectivity index (χ2v) is 5.20. The highest BCUT2D eigenvalue weighted by molar-refractivity contribution is 9.10. The number of rotatable bonds is 3. The molecule has 0 unspecified atom stereocenters. The number of hydrogen-bond acceptors (Lipinski definition) is 2. The molecule has 2 nitrogen and oxygen atoms in total. The van der Waals surface area contributed by atoms with Gasteiger partial charge in [-0.25, -0.2) is 4.39 Å². The van der Waals surface area contributed by atoms with E-state index in [0.29, 0.717) is 16.3 Å². The van der Waals surface area contributed by atoms with Crippen LogP contribution in [-0.4, -0.2) is 5.78 Å². The number of benzene rings is 2. The molecule has 0 saturated heterocycles. The lowest BCUT2D eigenvalue weighted by atomic mass is 10.1. The van der Waals surface area contributed by atoms with Crippen molar-refractivity contribution < 1.29 is 13.9 Å². The minimum atomic E-state index is -0.605. The lowest BCUT2D eigenvalue weighted by molar-refractivity contribution is 0.101. The third kappa shape index (κ3) is 3.33. The Morgan fingerprint density at radius 3 is 2.47 bits per heavy atom. The smallest absolute Gasteiger partial charge is 0.166 e. The van der Waals surface area contributed by atoms with Crippen molar-refractivity contribution in [1.29, 1.82) is 0 Å². The first kappa shape index (κ1) is 14.0. The van der Waals surface area contributed by atoms with Gasteiger partial charge >= 0.3 is 0 Å². The van der Waals surface area contributed by atoms with Gasteiger partial charge in [0.15, 0.2) is 17.3 Å². The molecule has 0 saturated carbocycles. The van der Waals surface area contributed by atoms with Crippen LogP contribution in [0.15, 0.2) is 40.9 Å². The molecule has 2 rings (SSSR count). The normalized spacial score (nSPS) is 10.3. The Morgan fingerprint density at radius 1 is 1.21 bits per heavy atom. The second kappa shape index (κ2) is 5.72. The van der Waals surface area contributed by atoms with Crippen LogP contribution in [0.25, 0.3) is 0 Å². The first-order valence-electron chi connectivity index (χ1n) is 5.41. The van der Waals surface area contributed by atoms with E-state index in [2.05, 4.69) is 15.9 Å². The molecule has 0 fully saturated rings. The topological polar surface area (TPSA) is 26.3 Å². The van der Waals surface area contributed by atoms with E-state index >= 15 is 0 Å². The van der Waals surface area contributed by atoms with Crippen molar-refractivity contribution in [1.82, 2.24) is 0 Å². The molecule has 5 heteroatoms. The van der Waals surface area contributed by atoms with E-state index in [9.17, 15) is 9.18 Å². The molecule has 0 atom stereocenters. The monoisotopic (exact) mass is 342 g/mol. The van der Waals surface area contributed by atoms with Gasteiger partial charge in [-0.05, 0) is 43.3 Å². The van der Waals surface area contributed by atoms with Crippen LogP contribution < -0.4 is 4.74 Å². The molecule has 0 aliphatic rings.